The van der Waals surface area contributed by atoms with Crippen molar-refractivity contribution in [2.24, 2.45) is 0 Å². The van der Waals surface area contributed by atoms with Crippen LogP contribution in [0.15, 0.2) is 35.0 Å². The second-order valence-electron chi connectivity index (χ2n) is 5.10. The van der Waals surface area contributed by atoms with Crippen LogP contribution in [0.4, 0.5) is 5.69 Å². The third-order valence-corrected chi connectivity index (χ3v) is 3.66. The van der Waals surface area contributed by atoms with Gasteiger partial charge in [-0.15, -0.1) is 0 Å². The Hall–Kier alpha value is -2.67. The Bertz CT molecular complexity index is 773. The van der Waals surface area contributed by atoms with Crippen LogP contribution in [0.2, 0.25) is 0 Å². The minimum absolute atomic E-state index is 0.421. The van der Waals surface area contributed by atoms with Gasteiger partial charge in [-0.05, 0) is 12.1 Å². The third kappa shape index (κ3) is 2.07. The summed E-state index contributed by atoms with van der Waals surface area (Å²) in [4.78, 5) is 4.45. The highest BCUT2D eigenvalue weighted by Gasteiger charge is 2.26. The van der Waals surface area contributed by atoms with E-state index < -0.39 is 0 Å². The van der Waals surface area contributed by atoms with Crippen molar-refractivity contribution in [3.63, 3.8) is 0 Å². The Morgan fingerprint density at radius 1 is 1.29 bits per heavy atom. The fraction of sp³-hybridized carbons (Fsp3) is 0.214. The van der Waals surface area contributed by atoms with Crippen LogP contribution < -0.4 is 11.1 Å². The largest absolute Gasteiger partial charge is 0.399 e. The normalized spacial score (nSPS) is 15.0. The number of aromatic amines is 1. The van der Waals surface area contributed by atoms with E-state index in [0.717, 1.165) is 29.9 Å². The van der Waals surface area contributed by atoms with E-state index in [1.54, 1.807) is 6.20 Å². The Labute approximate surface area is 120 Å². The van der Waals surface area contributed by atoms with Crippen LogP contribution in [-0.2, 0) is 0 Å². The molecule has 1 aliphatic heterocycles. The molecule has 7 nitrogen and oxygen atoms in total. The third-order valence-electron chi connectivity index (χ3n) is 3.66. The second kappa shape index (κ2) is 4.71. The maximum absolute atomic E-state index is 5.78. The van der Waals surface area contributed by atoms with Crippen LogP contribution in [0.25, 0.3) is 22.8 Å². The van der Waals surface area contributed by atoms with Crippen LogP contribution >= 0.6 is 0 Å². The van der Waals surface area contributed by atoms with E-state index in [-0.39, 0.29) is 0 Å². The Morgan fingerprint density at radius 3 is 2.95 bits per heavy atom. The summed E-state index contributed by atoms with van der Waals surface area (Å²) in [5, 5.41) is 14.4. The van der Waals surface area contributed by atoms with Gasteiger partial charge < -0.3 is 15.6 Å². The molecule has 106 valence electrons. The van der Waals surface area contributed by atoms with Gasteiger partial charge in [-0.3, -0.25) is 5.10 Å². The SMILES string of the molecule is Nc1cccc(-c2noc(-c3cn[nH]c3C3CNC3)n2)c1. The molecule has 1 fully saturated rings. The Balaban J connectivity index is 1.70. The predicted octanol–water partition coefficient (Wildman–Crippen LogP) is 1.40. The van der Waals surface area contributed by atoms with E-state index in [1.807, 2.05) is 24.3 Å². The summed E-state index contributed by atoms with van der Waals surface area (Å²) < 4.78 is 5.38. The van der Waals surface area contributed by atoms with E-state index in [9.17, 15) is 0 Å². The molecule has 1 aliphatic rings. The van der Waals surface area contributed by atoms with Gasteiger partial charge in [-0.2, -0.15) is 10.1 Å². The maximum Gasteiger partial charge on any atom is 0.261 e. The number of H-pyrrole nitrogens is 1. The van der Waals surface area contributed by atoms with Crippen molar-refractivity contribution in [1.29, 1.82) is 0 Å². The van der Waals surface area contributed by atoms with E-state index >= 15 is 0 Å². The van der Waals surface area contributed by atoms with Crippen molar-refractivity contribution in [3.8, 4) is 22.8 Å². The number of anilines is 1. The number of nitrogens with one attached hydrogen (secondary N) is 2. The molecule has 1 saturated heterocycles. The number of nitrogens with two attached hydrogens (primary N) is 1. The molecule has 3 aromatic rings. The zero-order chi connectivity index (χ0) is 14.2. The van der Waals surface area contributed by atoms with Crippen LogP contribution in [0.1, 0.15) is 11.6 Å². The van der Waals surface area contributed by atoms with Gasteiger partial charge >= 0.3 is 0 Å². The molecule has 0 spiro atoms. The summed E-state index contributed by atoms with van der Waals surface area (Å²) in [7, 11) is 0. The molecule has 0 atom stereocenters. The van der Waals surface area contributed by atoms with Gasteiger partial charge in [-0.25, -0.2) is 0 Å². The van der Waals surface area contributed by atoms with Crippen LogP contribution in [-0.4, -0.2) is 33.4 Å². The smallest absolute Gasteiger partial charge is 0.261 e. The fourth-order valence-corrected chi connectivity index (χ4v) is 2.40. The summed E-state index contributed by atoms with van der Waals surface area (Å²) in [6.45, 7) is 1.87. The topological polar surface area (TPSA) is 106 Å². The van der Waals surface area contributed by atoms with E-state index in [1.165, 1.54) is 0 Å². The number of hydrogen-bond acceptors (Lipinski definition) is 6. The first-order valence-electron chi connectivity index (χ1n) is 6.75. The average Bonchev–Trinajstić information content (AvgIpc) is 3.05. The van der Waals surface area contributed by atoms with Crippen molar-refractivity contribution < 1.29 is 4.52 Å². The van der Waals surface area contributed by atoms with Gasteiger partial charge in [0.2, 0.25) is 5.82 Å². The van der Waals surface area contributed by atoms with Crippen molar-refractivity contribution in [1.82, 2.24) is 25.7 Å². The van der Waals surface area contributed by atoms with Crippen LogP contribution in [0.5, 0.6) is 0 Å². The standard InChI is InChI=1S/C14H14N6O/c15-10-3-1-2-8(4-10)13-18-14(21-20-13)11-7-17-19-12(11)9-5-16-6-9/h1-4,7,9,16H,5-6,15H2,(H,17,19). The summed E-state index contributed by atoms with van der Waals surface area (Å²) in [6, 6.07) is 7.41. The first kappa shape index (κ1) is 12.1. The lowest BCUT2D eigenvalue weighted by molar-refractivity contribution is 0.424. The monoisotopic (exact) mass is 282 g/mol. The summed E-state index contributed by atoms with van der Waals surface area (Å²) in [5.41, 5.74) is 9.19. The van der Waals surface area contributed by atoms with Crippen molar-refractivity contribution in [2.75, 3.05) is 18.8 Å². The molecule has 4 N–H and O–H groups in total. The van der Waals surface area contributed by atoms with Gasteiger partial charge in [0.15, 0.2) is 0 Å². The molecule has 2 aromatic heterocycles. The lowest BCUT2D eigenvalue weighted by atomic mass is 9.96. The quantitative estimate of drug-likeness (QED) is 0.627. The van der Waals surface area contributed by atoms with Gasteiger partial charge in [0.25, 0.3) is 5.89 Å². The summed E-state index contributed by atoms with van der Waals surface area (Å²) in [6.07, 6.45) is 1.73. The van der Waals surface area contributed by atoms with Crippen LogP contribution in [0, 0.1) is 0 Å². The molecule has 3 heterocycles. The highest BCUT2D eigenvalue weighted by atomic mass is 16.5. The lowest BCUT2D eigenvalue weighted by Gasteiger charge is -2.26. The van der Waals surface area contributed by atoms with E-state index in [4.69, 9.17) is 10.3 Å². The molecule has 21 heavy (non-hydrogen) atoms. The van der Waals surface area contributed by atoms with Gasteiger partial charge in [0.05, 0.1) is 17.5 Å². The number of hydrogen-bond donors (Lipinski definition) is 3. The number of rotatable bonds is 3. The van der Waals surface area contributed by atoms with E-state index in [0.29, 0.717) is 23.3 Å². The van der Waals surface area contributed by atoms with Crippen molar-refractivity contribution in [2.45, 2.75) is 5.92 Å². The number of nitrogens with zero attached hydrogens (tertiary/aromatic N) is 3. The summed E-state index contributed by atoms with van der Waals surface area (Å²) in [5.74, 6) is 1.42. The van der Waals surface area contributed by atoms with Crippen LogP contribution in [0.3, 0.4) is 0 Å². The predicted molar refractivity (Wildman–Crippen MR) is 77.3 cm³/mol. The van der Waals surface area contributed by atoms with E-state index in [2.05, 4.69) is 25.7 Å². The molecule has 7 heteroatoms. The Morgan fingerprint density at radius 2 is 2.19 bits per heavy atom. The van der Waals surface area contributed by atoms with Crippen molar-refractivity contribution in [3.05, 3.63) is 36.2 Å². The molecule has 0 aliphatic carbocycles. The molecule has 0 amide bonds. The lowest BCUT2D eigenvalue weighted by Crippen LogP contribution is -2.40. The highest BCUT2D eigenvalue weighted by molar-refractivity contribution is 5.64. The van der Waals surface area contributed by atoms with Gasteiger partial charge in [0.1, 0.15) is 0 Å². The number of benzene rings is 1. The first-order valence-corrected chi connectivity index (χ1v) is 6.75. The molecule has 0 bridgehead atoms. The molecule has 0 unspecified atom stereocenters. The number of nitrogen functional groups attached to an aromatic ring is 1. The second-order valence-corrected chi connectivity index (χ2v) is 5.10. The average molecular weight is 282 g/mol. The molecule has 0 radical (unpaired) electrons. The summed E-state index contributed by atoms with van der Waals surface area (Å²) >= 11 is 0. The fourth-order valence-electron chi connectivity index (χ4n) is 2.40. The molecular formula is C14H14N6O. The molecule has 1 aromatic carbocycles. The zero-order valence-corrected chi connectivity index (χ0v) is 11.2. The first-order chi connectivity index (χ1) is 10.3. The zero-order valence-electron chi connectivity index (χ0n) is 11.2. The van der Waals surface area contributed by atoms with Crippen molar-refractivity contribution >= 4 is 5.69 Å². The Kier molecular flexibility index (Phi) is 2.71. The van der Waals surface area contributed by atoms with Gasteiger partial charge in [0, 0.05) is 30.3 Å². The minimum Gasteiger partial charge on any atom is -0.399 e. The highest BCUT2D eigenvalue weighted by Crippen LogP contribution is 2.30. The maximum atomic E-state index is 5.78. The number of aromatic nitrogens is 4. The minimum atomic E-state index is 0.421. The molecule has 4 rings (SSSR count). The molecular weight excluding hydrogens is 268 g/mol. The molecule has 0 saturated carbocycles. The van der Waals surface area contributed by atoms with Gasteiger partial charge in [-0.1, -0.05) is 17.3 Å².